The zero-order valence-electron chi connectivity index (χ0n) is 13.8. The average Bonchev–Trinajstić information content (AvgIpc) is 3.02. The molecule has 5 nitrogen and oxygen atoms in total. The van der Waals surface area contributed by atoms with Crippen LogP contribution in [0.15, 0.2) is 0 Å². The van der Waals surface area contributed by atoms with Crippen molar-refractivity contribution in [2.24, 2.45) is 5.92 Å². The zero-order chi connectivity index (χ0) is 15.2. The van der Waals surface area contributed by atoms with E-state index in [0.717, 1.165) is 39.4 Å². The van der Waals surface area contributed by atoms with Gasteiger partial charge in [-0.2, -0.15) is 0 Å². The molecule has 1 aliphatic rings. The van der Waals surface area contributed by atoms with Crippen LogP contribution in [-0.2, 0) is 18.9 Å². The minimum Gasteiger partial charge on any atom is -0.381 e. The van der Waals surface area contributed by atoms with Gasteiger partial charge in [0.25, 0.3) is 0 Å². The lowest BCUT2D eigenvalue weighted by Crippen LogP contribution is -2.36. The molecular formula is C16H33NO4. The van der Waals surface area contributed by atoms with Crippen molar-refractivity contribution < 1.29 is 18.9 Å². The summed E-state index contributed by atoms with van der Waals surface area (Å²) in [5, 5.41) is 3.49. The molecule has 1 aliphatic heterocycles. The molecule has 1 rings (SSSR count). The van der Waals surface area contributed by atoms with Crippen molar-refractivity contribution in [3.05, 3.63) is 0 Å². The maximum atomic E-state index is 5.53. The Hall–Kier alpha value is -0.200. The molecule has 0 amide bonds. The van der Waals surface area contributed by atoms with Crippen LogP contribution in [0.25, 0.3) is 0 Å². The lowest BCUT2D eigenvalue weighted by atomic mass is 10.0. The lowest BCUT2D eigenvalue weighted by Gasteiger charge is -2.19. The number of nitrogens with one attached hydrogen (secondary N) is 1. The minimum absolute atomic E-state index is 0.507. The van der Waals surface area contributed by atoms with Gasteiger partial charge >= 0.3 is 0 Å². The summed E-state index contributed by atoms with van der Waals surface area (Å²) in [6.07, 6.45) is 3.47. The first kappa shape index (κ1) is 18.8. The maximum absolute atomic E-state index is 5.53. The van der Waals surface area contributed by atoms with Crippen LogP contribution in [0, 0.1) is 5.92 Å². The van der Waals surface area contributed by atoms with Crippen LogP contribution < -0.4 is 5.32 Å². The summed E-state index contributed by atoms with van der Waals surface area (Å²) >= 11 is 0. The Morgan fingerprint density at radius 1 is 1.05 bits per heavy atom. The molecule has 1 N–H and O–H groups in total. The van der Waals surface area contributed by atoms with Gasteiger partial charge < -0.3 is 24.3 Å². The highest BCUT2D eigenvalue weighted by Gasteiger charge is 2.21. The third kappa shape index (κ3) is 10.2. The van der Waals surface area contributed by atoms with Gasteiger partial charge in [0, 0.05) is 25.8 Å². The quantitative estimate of drug-likeness (QED) is 0.496. The minimum atomic E-state index is 0.507. The molecule has 2 unspecified atom stereocenters. The van der Waals surface area contributed by atoms with Gasteiger partial charge in [0.2, 0.25) is 0 Å². The maximum Gasteiger partial charge on any atom is 0.0701 e. The Balaban J connectivity index is 1.74. The molecule has 0 aromatic heterocycles. The zero-order valence-corrected chi connectivity index (χ0v) is 13.8. The van der Waals surface area contributed by atoms with E-state index in [1.54, 1.807) is 0 Å². The van der Waals surface area contributed by atoms with E-state index >= 15 is 0 Å². The molecule has 1 saturated heterocycles. The average molecular weight is 303 g/mol. The molecule has 0 aliphatic carbocycles. The molecular weight excluding hydrogens is 270 g/mol. The predicted octanol–water partition coefficient (Wildman–Crippen LogP) is 1.85. The van der Waals surface area contributed by atoms with Crippen molar-refractivity contribution >= 4 is 0 Å². The van der Waals surface area contributed by atoms with Crippen LogP contribution in [0.5, 0.6) is 0 Å². The van der Waals surface area contributed by atoms with Gasteiger partial charge in [0.15, 0.2) is 0 Å². The summed E-state index contributed by atoms with van der Waals surface area (Å²) in [6.45, 7) is 11.3. The highest BCUT2D eigenvalue weighted by Crippen LogP contribution is 2.15. The Morgan fingerprint density at radius 3 is 2.33 bits per heavy atom. The van der Waals surface area contributed by atoms with Crippen LogP contribution in [-0.4, -0.2) is 65.4 Å². The first-order chi connectivity index (χ1) is 10.3. The highest BCUT2D eigenvalue weighted by molar-refractivity contribution is 4.75. The van der Waals surface area contributed by atoms with Crippen molar-refractivity contribution in [2.75, 3.05) is 59.4 Å². The molecule has 126 valence electrons. The van der Waals surface area contributed by atoms with Crippen LogP contribution in [0.3, 0.4) is 0 Å². The SMILES string of the molecule is CCCCOCCOCCOCCNC(C)C1CCOC1. The van der Waals surface area contributed by atoms with Gasteiger partial charge in [0.1, 0.15) is 0 Å². The number of rotatable bonds is 14. The standard InChI is InChI=1S/C16H33NO4/c1-3-4-7-18-10-12-20-13-11-19-9-6-17-15(2)16-5-8-21-14-16/h15-17H,3-14H2,1-2H3. The smallest absolute Gasteiger partial charge is 0.0701 e. The monoisotopic (exact) mass is 303 g/mol. The van der Waals surface area contributed by atoms with E-state index in [9.17, 15) is 0 Å². The van der Waals surface area contributed by atoms with Crippen molar-refractivity contribution in [3.63, 3.8) is 0 Å². The molecule has 0 aromatic carbocycles. The van der Waals surface area contributed by atoms with Gasteiger partial charge in [-0.1, -0.05) is 13.3 Å². The summed E-state index contributed by atoms with van der Waals surface area (Å²) in [6, 6.07) is 0.507. The third-order valence-electron chi connectivity index (χ3n) is 3.77. The largest absolute Gasteiger partial charge is 0.381 e. The van der Waals surface area contributed by atoms with Gasteiger partial charge in [-0.15, -0.1) is 0 Å². The molecule has 5 heteroatoms. The van der Waals surface area contributed by atoms with E-state index in [1.807, 2.05) is 0 Å². The highest BCUT2D eigenvalue weighted by atomic mass is 16.5. The second-order valence-electron chi connectivity index (χ2n) is 5.56. The second kappa shape index (κ2) is 13.5. The van der Waals surface area contributed by atoms with Crippen LogP contribution in [0.1, 0.15) is 33.1 Å². The van der Waals surface area contributed by atoms with Crippen LogP contribution >= 0.6 is 0 Å². The Labute approximate surface area is 129 Å². The van der Waals surface area contributed by atoms with Gasteiger partial charge in [-0.25, -0.2) is 0 Å². The summed E-state index contributed by atoms with van der Waals surface area (Å²) in [7, 11) is 0. The van der Waals surface area contributed by atoms with E-state index < -0.39 is 0 Å². The molecule has 2 atom stereocenters. The Kier molecular flexibility index (Phi) is 12.1. The lowest BCUT2D eigenvalue weighted by molar-refractivity contribution is 0.0142. The first-order valence-electron chi connectivity index (χ1n) is 8.39. The van der Waals surface area contributed by atoms with E-state index in [2.05, 4.69) is 19.2 Å². The molecule has 21 heavy (non-hydrogen) atoms. The van der Waals surface area contributed by atoms with Crippen molar-refractivity contribution in [3.8, 4) is 0 Å². The van der Waals surface area contributed by atoms with E-state index in [-0.39, 0.29) is 0 Å². The fourth-order valence-corrected chi connectivity index (χ4v) is 2.26. The summed E-state index contributed by atoms with van der Waals surface area (Å²) in [5.41, 5.74) is 0. The van der Waals surface area contributed by atoms with Gasteiger partial charge in [-0.3, -0.25) is 0 Å². The van der Waals surface area contributed by atoms with E-state index in [4.69, 9.17) is 18.9 Å². The molecule has 0 bridgehead atoms. The topological polar surface area (TPSA) is 49.0 Å². The summed E-state index contributed by atoms with van der Waals surface area (Å²) in [5.74, 6) is 0.654. The normalized spacial score (nSPS) is 20.0. The third-order valence-corrected chi connectivity index (χ3v) is 3.77. The Morgan fingerprint density at radius 2 is 1.71 bits per heavy atom. The van der Waals surface area contributed by atoms with Gasteiger partial charge in [0.05, 0.1) is 39.6 Å². The van der Waals surface area contributed by atoms with Crippen LogP contribution in [0.4, 0.5) is 0 Å². The molecule has 0 spiro atoms. The van der Waals surface area contributed by atoms with Crippen molar-refractivity contribution in [1.29, 1.82) is 0 Å². The van der Waals surface area contributed by atoms with Crippen LogP contribution in [0.2, 0.25) is 0 Å². The molecule has 1 fully saturated rings. The van der Waals surface area contributed by atoms with Gasteiger partial charge in [-0.05, 0) is 25.7 Å². The van der Waals surface area contributed by atoms with Crippen molar-refractivity contribution in [2.45, 2.75) is 39.2 Å². The number of ether oxygens (including phenoxy) is 4. The molecule has 0 aromatic rings. The fraction of sp³-hybridized carbons (Fsp3) is 1.00. The number of hydrogen-bond donors (Lipinski definition) is 1. The number of unbranched alkanes of at least 4 members (excludes halogenated alkanes) is 1. The van der Waals surface area contributed by atoms with E-state index in [0.29, 0.717) is 38.4 Å². The Bertz CT molecular complexity index is 222. The first-order valence-corrected chi connectivity index (χ1v) is 8.39. The summed E-state index contributed by atoms with van der Waals surface area (Å²) < 4.78 is 21.8. The second-order valence-corrected chi connectivity index (χ2v) is 5.56. The molecule has 1 heterocycles. The van der Waals surface area contributed by atoms with E-state index in [1.165, 1.54) is 12.8 Å². The van der Waals surface area contributed by atoms with Crippen molar-refractivity contribution in [1.82, 2.24) is 5.32 Å². The number of hydrogen-bond acceptors (Lipinski definition) is 5. The molecule has 0 radical (unpaired) electrons. The predicted molar refractivity (Wildman–Crippen MR) is 83.8 cm³/mol. The fourth-order valence-electron chi connectivity index (χ4n) is 2.26. The molecule has 0 saturated carbocycles. The summed E-state index contributed by atoms with van der Waals surface area (Å²) in [4.78, 5) is 0.